The summed E-state index contributed by atoms with van der Waals surface area (Å²) in [4.78, 5) is 0. The maximum atomic E-state index is 5.80. The molecule has 2 N–H and O–H groups in total. The number of rotatable bonds is 2. The first-order chi connectivity index (χ1) is 4.59. The first-order valence-electron chi connectivity index (χ1n) is 3.96. The number of hydrogen-bond donors (Lipinski definition) is 1. The van der Waals surface area contributed by atoms with Gasteiger partial charge in [0.15, 0.2) is 0 Å². The Kier molecular flexibility index (Phi) is 2.02. The molecule has 10 heavy (non-hydrogen) atoms. The van der Waals surface area contributed by atoms with Crippen molar-refractivity contribution in [3.8, 4) is 0 Å². The Hall–Kier alpha value is -0.0800. The van der Waals surface area contributed by atoms with Crippen molar-refractivity contribution >= 4 is 0 Å². The van der Waals surface area contributed by atoms with E-state index in [0.717, 1.165) is 13.0 Å². The molecule has 0 aromatic heterocycles. The summed E-state index contributed by atoms with van der Waals surface area (Å²) < 4.78 is 5.48. The zero-order chi connectivity index (χ0) is 7.78. The van der Waals surface area contributed by atoms with Gasteiger partial charge in [-0.05, 0) is 13.3 Å². The molecule has 0 amide bonds. The van der Waals surface area contributed by atoms with Crippen LogP contribution >= 0.6 is 0 Å². The van der Waals surface area contributed by atoms with E-state index in [1.54, 1.807) is 0 Å². The molecular weight excluding hydrogens is 126 g/mol. The average molecular weight is 143 g/mol. The lowest BCUT2D eigenvalue weighted by molar-refractivity contribution is -0.103. The van der Waals surface area contributed by atoms with Gasteiger partial charge in [0.2, 0.25) is 0 Å². The van der Waals surface area contributed by atoms with Crippen LogP contribution in [-0.2, 0) is 4.74 Å². The Balaban J connectivity index is 2.39. The first-order valence-corrected chi connectivity index (χ1v) is 3.96. The van der Waals surface area contributed by atoms with Crippen molar-refractivity contribution in [2.75, 3.05) is 6.61 Å². The molecule has 1 aliphatic carbocycles. The van der Waals surface area contributed by atoms with Crippen LogP contribution < -0.4 is 5.73 Å². The molecular formula is C8H17NO. The minimum Gasteiger partial charge on any atom is -0.378 e. The molecule has 2 nitrogen and oxygen atoms in total. The number of hydrogen-bond acceptors (Lipinski definition) is 2. The largest absolute Gasteiger partial charge is 0.378 e. The molecule has 2 unspecified atom stereocenters. The molecule has 1 rings (SSSR count). The molecule has 0 bridgehead atoms. The van der Waals surface area contributed by atoms with E-state index < -0.39 is 0 Å². The second-order valence-corrected chi connectivity index (χ2v) is 3.61. The molecule has 0 aromatic rings. The van der Waals surface area contributed by atoms with Gasteiger partial charge in [0.1, 0.15) is 0 Å². The smallest absolute Gasteiger partial charge is 0.0655 e. The zero-order valence-corrected chi connectivity index (χ0v) is 7.05. The van der Waals surface area contributed by atoms with E-state index in [2.05, 4.69) is 13.8 Å². The van der Waals surface area contributed by atoms with E-state index in [4.69, 9.17) is 10.5 Å². The highest BCUT2D eigenvalue weighted by molar-refractivity contribution is 5.00. The summed E-state index contributed by atoms with van der Waals surface area (Å²) >= 11 is 0. The van der Waals surface area contributed by atoms with Gasteiger partial charge in [-0.2, -0.15) is 0 Å². The van der Waals surface area contributed by atoms with Crippen LogP contribution in [0.2, 0.25) is 0 Å². The van der Waals surface area contributed by atoms with Crippen molar-refractivity contribution in [1.29, 1.82) is 0 Å². The van der Waals surface area contributed by atoms with Crippen LogP contribution in [0.25, 0.3) is 0 Å². The van der Waals surface area contributed by atoms with Gasteiger partial charge >= 0.3 is 0 Å². The Labute approximate surface area is 62.7 Å². The van der Waals surface area contributed by atoms with Crippen molar-refractivity contribution in [2.45, 2.75) is 39.3 Å². The van der Waals surface area contributed by atoms with Gasteiger partial charge in [0.25, 0.3) is 0 Å². The van der Waals surface area contributed by atoms with Crippen LogP contribution in [0, 0.1) is 5.41 Å². The lowest BCUT2D eigenvalue weighted by atomic mass is 9.65. The van der Waals surface area contributed by atoms with Gasteiger partial charge in [0, 0.05) is 18.1 Å². The van der Waals surface area contributed by atoms with Crippen LogP contribution in [0.15, 0.2) is 0 Å². The van der Waals surface area contributed by atoms with Gasteiger partial charge < -0.3 is 10.5 Å². The maximum absolute atomic E-state index is 5.80. The van der Waals surface area contributed by atoms with Crippen LogP contribution in [0.4, 0.5) is 0 Å². The summed E-state index contributed by atoms with van der Waals surface area (Å²) in [5, 5.41) is 0. The summed E-state index contributed by atoms with van der Waals surface area (Å²) in [6.07, 6.45) is 1.42. The van der Waals surface area contributed by atoms with E-state index >= 15 is 0 Å². The van der Waals surface area contributed by atoms with E-state index in [0.29, 0.717) is 12.1 Å². The van der Waals surface area contributed by atoms with Gasteiger partial charge in [-0.3, -0.25) is 0 Å². The highest BCUT2D eigenvalue weighted by atomic mass is 16.5. The third-order valence-electron chi connectivity index (χ3n) is 2.62. The van der Waals surface area contributed by atoms with Gasteiger partial charge in [-0.1, -0.05) is 13.8 Å². The Bertz CT molecular complexity index is 120. The topological polar surface area (TPSA) is 35.2 Å². The maximum Gasteiger partial charge on any atom is 0.0655 e. The highest BCUT2D eigenvalue weighted by Crippen LogP contribution is 2.41. The molecule has 2 atom stereocenters. The summed E-state index contributed by atoms with van der Waals surface area (Å²) in [5.74, 6) is 0. The monoisotopic (exact) mass is 143 g/mol. The van der Waals surface area contributed by atoms with Crippen molar-refractivity contribution in [2.24, 2.45) is 11.1 Å². The fourth-order valence-corrected chi connectivity index (χ4v) is 1.40. The van der Waals surface area contributed by atoms with Gasteiger partial charge in [-0.15, -0.1) is 0 Å². The lowest BCUT2D eigenvalue weighted by Gasteiger charge is -2.49. The van der Waals surface area contributed by atoms with Crippen LogP contribution in [0.5, 0.6) is 0 Å². The quantitative estimate of drug-likeness (QED) is 0.629. The second kappa shape index (κ2) is 2.51. The fourth-order valence-electron chi connectivity index (χ4n) is 1.40. The summed E-state index contributed by atoms with van der Waals surface area (Å²) in [7, 11) is 0. The van der Waals surface area contributed by atoms with Crippen molar-refractivity contribution in [3.05, 3.63) is 0 Å². The molecule has 0 aromatic carbocycles. The molecule has 0 aliphatic heterocycles. The Morgan fingerprint density at radius 1 is 1.60 bits per heavy atom. The third kappa shape index (κ3) is 1.06. The number of ether oxygens (including phenoxy) is 1. The summed E-state index contributed by atoms with van der Waals surface area (Å²) in [5.41, 5.74) is 6.00. The minimum atomic E-state index is 0.204. The molecule has 1 saturated carbocycles. The standard InChI is InChI=1S/C8H17NO/c1-4-10-7-5-6(9)8(7,2)3/h6-7H,4-5,9H2,1-3H3. The fraction of sp³-hybridized carbons (Fsp3) is 1.00. The van der Waals surface area contributed by atoms with Crippen LogP contribution in [-0.4, -0.2) is 18.8 Å². The predicted molar refractivity (Wildman–Crippen MR) is 41.8 cm³/mol. The van der Waals surface area contributed by atoms with E-state index in [9.17, 15) is 0 Å². The van der Waals surface area contributed by atoms with E-state index in [-0.39, 0.29) is 5.41 Å². The third-order valence-corrected chi connectivity index (χ3v) is 2.62. The number of nitrogens with two attached hydrogens (primary N) is 1. The SMILES string of the molecule is CCOC1CC(N)C1(C)C. The molecule has 0 saturated heterocycles. The van der Waals surface area contributed by atoms with Crippen LogP contribution in [0.1, 0.15) is 27.2 Å². The highest BCUT2D eigenvalue weighted by Gasteiger charge is 2.46. The Morgan fingerprint density at radius 3 is 2.50 bits per heavy atom. The normalized spacial score (nSPS) is 37.2. The van der Waals surface area contributed by atoms with Crippen molar-refractivity contribution in [3.63, 3.8) is 0 Å². The average Bonchev–Trinajstić information content (AvgIpc) is 1.88. The van der Waals surface area contributed by atoms with E-state index in [1.807, 2.05) is 6.92 Å². The summed E-state index contributed by atoms with van der Waals surface area (Å²) in [6.45, 7) is 7.17. The molecule has 0 heterocycles. The minimum absolute atomic E-state index is 0.204. The lowest BCUT2D eigenvalue weighted by Crippen LogP contribution is -2.58. The molecule has 60 valence electrons. The van der Waals surface area contributed by atoms with E-state index in [1.165, 1.54) is 0 Å². The second-order valence-electron chi connectivity index (χ2n) is 3.61. The molecule has 2 heteroatoms. The Morgan fingerprint density at radius 2 is 2.20 bits per heavy atom. The van der Waals surface area contributed by atoms with Crippen LogP contribution in [0.3, 0.4) is 0 Å². The molecule has 1 aliphatic rings. The molecule has 0 radical (unpaired) electrons. The van der Waals surface area contributed by atoms with Gasteiger partial charge in [-0.25, -0.2) is 0 Å². The van der Waals surface area contributed by atoms with Crippen molar-refractivity contribution < 1.29 is 4.74 Å². The zero-order valence-electron chi connectivity index (χ0n) is 7.05. The molecule has 0 spiro atoms. The van der Waals surface area contributed by atoms with Crippen molar-refractivity contribution in [1.82, 2.24) is 0 Å². The van der Waals surface area contributed by atoms with Gasteiger partial charge in [0.05, 0.1) is 6.10 Å². The first kappa shape index (κ1) is 8.02. The predicted octanol–water partition coefficient (Wildman–Crippen LogP) is 1.15. The molecule has 1 fully saturated rings. The summed E-state index contributed by atoms with van der Waals surface area (Å²) in [6, 6.07) is 0.337.